The first-order chi connectivity index (χ1) is 39.5. The molecule has 16 nitrogen and oxygen atoms in total. The van der Waals surface area contributed by atoms with Gasteiger partial charge in [0.1, 0.15) is 5.75 Å². The van der Waals surface area contributed by atoms with Gasteiger partial charge in [0.05, 0.1) is 46.1 Å². The van der Waals surface area contributed by atoms with Gasteiger partial charge in [0.25, 0.3) is 11.8 Å². The summed E-state index contributed by atoms with van der Waals surface area (Å²) < 4.78 is 42.3. The molecule has 0 unspecified atom stereocenters. The molecule has 10 rings (SSSR count). The Hall–Kier alpha value is -8.23. The van der Waals surface area contributed by atoms with Gasteiger partial charge < -0.3 is 48.2 Å². The Bertz CT molecular complexity index is 3360. The van der Waals surface area contributed by atoms with E-state index in [1.54, 1.807) is 77.7 Å². The molecule has 0 atom stereocenters. The van der Waals surface area contributed by atoms with E-state index in [0.29, 0.717) is 109 Å². The zero-order chi connectivity index (χ0) is 56.1. The van der Waals surface area contributed by atoms with Crippen molar-refractivity contribution in [2.24, 2.45) is 5.92 Å². The number of likely N-dealkylation sites (tertiary alicyclic amines) is 1. The topological polar surface area (TPSA) is 175 Å². The van der Waals surface area contributed by atoms with Gasteiger partial charge in [-0.05, 0) is 129 Å². The molecule has 0 radical (unpaired) electrons. The number of carbonyl (C=O) groups excluding carboxylic acids is 5. The van der Waals surface area contributed by atoms with E-state index < -0.39 is 6.97 Å². The number of anilines is 3. The Morgan fingerprint density at radius 1 is 0.790 bits per heavy atom. The number of unbranched alkanes of at least 4 members (excludes halogenated alkanes) is 3. The van der Waals surface area contributed by atoms with Gasteiger partial charge in [-0.15, -0.1) is 11.3 Å². The molecule has 3 aromatic carbocycles. The van der Waals surface area contributed by atoms with Crippen LogP contribution in [0.25, 0.3) is 18.2 Å². The van der Waals surface area contributed by atoms with Gasteiger partial charge in [-0.2, -0.15) is 0 Å². The van der Waals surface area contributed by atoms with E-state index in [1.165, 1.54) is 11.3 Å². The zero-order valence-electron chi connectivity index (χ0n) is 45.2. The molecule has 4 aliphatic heterocycles. The standard InChI is InChI=1S/C61H67BF2N10O6S/c63-62(64)73-47(23-24-48(73)39-49-25-28-55(74(49)62)56-16-10-38-81-56)22-18-45-19-26-50(27-20-45)80-42-59(77)65-32-8-1-2-17-57(75)66-33-34-67-58(76)29-21-46-40-71(43-68-46)35-9-7-11-44-30-36-70(37-31-44)41-60(78)72-53-14-5-3-12-51(53)61(79)69-52-13-4-6-15-54(52)72/h3-6,10,12-16,18-20,22-28,38-40,43-44H,1-2,7-9,11,17,21,29-37,41-42H2,(H,65,77)(H,66,75)(H,67,76)(H,69,79)/b22-18+. The van der Waals surface area contributed by atoms with E-state index in [9.17, 15) is 24.0 Å². The normalized spacial score (nSPS) is 15.6. The summed E-state index contributed by atoms with van der Waals surface area (Å²) in [6.07, 6.45) is 21.2. The third-order valence-corrected chi connectivity index (χ3v) is 16.1. The summed E-state index contributed by atoms with van der Waals surface area (Å²) in [7, 11) is 0. The van der Waals surface area contributed by atoms with Crippen LogP contribution >= 0.6 is 11.3 Å². The maximum absolute atomic E-state index is 16.1. The van der Waals surface area contributed by atoms with Crippen molar-refractivity contribution >= 4 is 88.8 Å². The largest absolute Gasteiger partial charge is 0.737 e. The smallest absolute Gasteiger partial charge is 0.484 e. The van der Waals surface area contributed by atoms with Crippen LogP contribution < -0.4 is 30.9 Å². The minimum atomic E-state index is -4.13. The number of allylic oxidation sites excluding steroid dienone is 2. The molecule has 81 heavy (non-hydrogen) atoms. The van der Waals surface area contributed by atoms with Crippen LogP contribution in [0.4, 0.5) is 25.7 Å². The second-order valence-electron chi connectivity index (χ2n) is 20.9. The lowest BCUT2D eigenvalue weighted by Crippen LogP contribution is -2.50. The maximum atomic E-state index is 16.1. The van der Waals surface area contributed by atoms with E-state index in [4.69, 9.17) is 4.74 Å². The Kier molecular flexibility index (Phi) is 18.2. The number of piperidine rings is 1. The second kappa shape index (κ2) is 26.4. The number of amides is 5. The van der Waals surface area contributed by atoms with Crippen LogP contribution in [0.15, 0.2) is 133 Å². The van der Waals surface area contributed by atoms with Gasteiger partial charge in [-0.25, -0.2) is 4.98 Å². The molecule has 0 bridgehead atoms. The van der Waals surface area contributed by atoms with Crippen molar-refractivity contribution in [3.05, 3.63) is 166 Å². The number of carbonyl (C=O) groups is 5. The predicted octanol–water partition coefficient (Wildman–Crippen LogP) is 9.30. The minimum absolute atomic E-state index is 0.0536. The number of para-hydroxylation sites is 3. The number of imidazole rings is 1. The molecular weight excluding hydrogens is 1050 g/mol. The van der Waals surface area contributed by atoms with Crippen LogP contribution in [-0.2, 0) is 32.1 Å². The molecule has 420 valence electrons. The Labute approximate surface area is 474 Å². The summed E-state index contributed by atoms with van der Waals surface area (Å²) in [5.74, 6) is 0.390. The number of hydrogen-bond donors (Lipinski definition) is 4. The highest BCUT2D eigenvalue weighted by Crippen LogP contribution is 2.39. The molecule has 0 saturated carbocycles. The van der Waals surface area contributed by atoms with Gasteiger partial charge >= 0.3 is 6.97 Å². The number of aryl methyl sites for hydroxylation is 2. The van der Waals surface area contributed by atoms with Crippen LogP contribution in [0.2, 0.25) is 0 Å². The first-order valence-electron chi connectivity index (χ1n) is 28.1. The molecule has 6 aromatic rings. The highest BCUT2D eigenvalue weighted by Gasteiger charge is 2.52. The monoisotopic (exact) mass is 1120 g/mol. The molecule has 1 fully saturated rings. The quantitative estimate of drug-likeness (QED) is 0.0324. The molecule has 5 amide bonds. The van der Waals surface area contributed by atoms with Gasteiger partial charge in [0, 0.05) is 74.8 Å². The Morgan fingerprint density at radius 2 is 1.56 bits per heavy atom. The molecule has 3 aromatic heterocycles. The number of benzene rings is 3. The minimum Gasteiger partial charge on any atom is -0.484 e. The van der Waals surface area contributed by atoms with Gasteiger partial charge in [-0.1, -0.05) is 67.8 Å². The third kappa shape index (κ3) is 14.0. The van der Waals surface area contributed by atoms with Crippen LogP contribution in [0.1, 0.15) is 102 Å². The van der Waals surface area contributed by atoms with E-state index in [1.807, 2.05) is 72.5 Å². The van der Waals surface area contributed by atoms with Crippen molar-refractivity contribution in [3.63, 3.8) is 0 Å². The summed E-state index contributed by atoms with van der Waals surface area (Å²) in [6.45, 7) is -0.310. The van der Waals surface area contributed by atoms with E-state index in [0.717, 1.165) is 83.3 Å². The molecule has 4 N–H and O–H groups in total. The molecule has 4 aliphatic rings. The third-order valence-electron chi connectivity index (χ3n) is 15.2. The molecule has 20 heteroatoms. The number of fused-ring (bicyclic) bond motifs is 4. The van der Waals surface area contributed by atoms with Crippen molar-refractivity contribution < 1.29 is 41.8 Å². The summed E-state index contributed by atoms with van der Waals surface area (Å²) in [5, 5.41) is 13.4. The van der Waals surface area contributed by atoms with E-state index >= 15 is 8.63 Å². The predicted molar refractivity (Wildman–Crippen MR) is 314 cm³/mol. The fourth-order valence-corrected chi connectivity index (χ4v) is 11.7. The molecule has 0 aliphatic carbocycles. The van der Waals surface area contributed by atoms with Gasteiger partial charge in [-0.3, -0.25) is 33.8 Å². The summed E-state index contributed by atoms with van der Waals surface area (Å²) in [6, 6.07) is 28.9. The lowest BCUT2D eigenvalue weighted by atomic mass is 9.90. The lowest BCUT2D eigenvalue weighted by Gasteiger charge is -2.33. The van der Waals surface area contributed by atoms with Crippen LogP contribution in [-0.4, -0.2) is 112 Å². The summed E-state index contributed by atoms with van der Waals surface area (Å²) in [4.78, 5) is 73.4. The zero-order valence-corrected chi connectivity index (χ0v) is 46.1. The highest BCUT2D eigenvalue weighted by atomic mass is 32.1. The SMILES string of the molecule is O=C(CCCCCNC(=O)COc1ccc(/C=C/c2ccc3n2[B-](F)(F)[N+]2=C(c4cccs4)C=CC2=C3)cc1)NCCNC(=O)CCc1cn(CCCCC2CCN(CC(=O)N3c4ccccc4NC(=O)c4ccccc43)CC2)cn1. The van der Waals surface area contributed by atoms with Crippen LogP contribution in [0, 0.1) is 5.92 Å². The fraction of sp³-hybridized carbons (Fsp3) is 0.328. The number of thiophene rings is 1. The first-order valence-corrected chi connectivity index (χ1v) is 28.9. The number of hydrogen-bond acceptors (Lipinski definition) is 9. The van der Waals surface area contributed by atoms with Crippen LogP contribution in [0.3, 0.4) is 0 Å². The average molecular weight is 1120 g/mol. The van der Waals surface area contributed by atoms with Crippen molar-refractivity contribution in [2.75, 3.05) is 56.1 Å². The van der Waals surface area contributed by atoms with E-state index in [2.05, 4.69) is 35.7 Å². The Morgan fingerprint density at radius 3 is 2.36 bits per heavy atom. The molecule has 0 spiro atoms. The van der Waals surface area contributed by atoms with Crippen molar-refractivity contribution in [2.45, 2.75) is 77.2 Å². The second-order valence-corrected chi connectivity index (χ2v) is 21.8. The number of aromatic nitrogens is 3. The summed E-state index contributed by atoms with van der Waals surface area (Å²) >= 11 is 1.43. The summed E-state index contributed by atoms with van der Waals surface area (Å²) in [5.41, 5.74) is 5.82. The number of rotatable bonds is 25. The fourth-order valence-electron chi connectivity index (χ4n) is 10.9. The molecule has 7 heterocycles. The van der Waals surface area contributed by atoms with E-state index in [-0.39, 0.29) is 42.7 Å². The Balaban J connectivity index is 0.530. The number of ether oxygens (including phenoxy) is 1. The number of nitrogens with one attached hydrogen (secondary N) is 4. The van der Waals surface area contributed by atoms with Crippen molar-refractivity contribution in [1.82, 2.24) is 34.9 Å². The van der Waals surface area contributed by atoms with Gasteiger partial charge in [0.2, 0.25) is 17.7 Å². The number of halogens is 2. The highest BCUT2D eigenvalue weighted by molar-refractivity contribution is 7.12. The van der Waals surface area contributed by atoms with Crippen molar-refractivity contribution in [1.29, 1.82) is 0 Å². The van der Waals surface area contributed by atoms with Gasteiger partial charge in [0.15, 0.2) is 18.0 Å². The first kappa shape index (κ1) is 56.1. The number of nitrogens with zero attached hydrogens (tertiary/aromatic N) is 6. The van der Waals surface area contributed by atoms with Crippen molar-refractivity contribution in [3.8, 4) is 5.75 Å². The molecular formula is C61H67BF2N10O6S. The lowest BCUT2D eigenvalue weighted by molar-refractivity contribution is -0.360. The maximum Gasteiger partial charge on any atom is 0.737 e. The molecule has 1 saturated heterocycles. The van der Waals surface area contributed by atoms with Crippen LogP contribution in [0.5, 0.6) is 5.75 Å². The average Bonchev–Trinajstić information content (AvgIpc) is 4.03.